The summed E-state index contributed by atoms with van der Waals surface area (Å²) in [5.74, 6) is -2.62. The lowest BCUT2D eigenvalue weighted by molar-refractivity contribution is 0.400. The Morgan fingerprint density at radius 2 is 1.66 bits per heavy atom. The fraction of sp³-hybridized carbons (Fsp3) is 0.0385. The second-order valence-corrected chi connectivity index (χ2v) is 9.73. The van der Waals surface area contributed by atoms with Crippen LogP contribution in [-0.4, -0.2) is 30.1 Å². The first-order valence-corrected chi connectivity index (χ1v) is 12.6. The Bertz CT molecular complexity index is 1840. The zero-order valence-electron chi connectivity index (χ0n) is 19.7. The van der Waals surface area contributed by atoms with Crippen molar-refractivity contribution in [2.45, 2.75) is 4.90 Å². The van der Waals surface area contributed by atoms with Gasteiger partial charge in [0.15, 0.2) is 4.90 Å². The smallest absolute Gasteiger partial charge is 0.267 e. The summed E-state index contributed by atoms with van der Waals surface area (Å²) in [7, 11) is -3.42. The maximum Gasteiger partial charge on any atom is 0.267 e. The van der Waals surface area contributed by atoms with Crippen molar-refractivity contribution < 1.29 is 21.9 Å². The molecule has 5 rings (SSSR count). The molecule has 0 saturated carbocycles. The van der Waals surface area contributed by atoms with Crippen molar-refractivity contribution in [3.63, 3.8) is 0 Å². The SMILES string of the molecule is COc1ncc(-c2ccc3nc(N)n(-c4ccccc4)c(=O)c3c2)cc1NS(=O)(=O)c1c(F)cccc1F. The number of methoxy groups -OCH3 is 1. The van der Waals surface area contributed by atoms with Gasteiger partial charge in [-0.15, -0.1) is 0 Å². The van der Waals surface area contributed by atoms with Gasteiger partial charge in [-0.25, -0.2) is 31.7 Å². The van der Waals surface area contributed by atoms with Crippen molar-refractivity contribution in [3.05, 3.63) is 101 Å². The van der Waals surface area contributed by atoms with Crippen molar-refractivity contribution in [3.8, 4) is 22.7 Å². The van der Waals surface area contributed by atoms with E-state index in [2.05, 4.69) is 14.7 Å². The second-order valence-electron chi connectivity index (χ2n) is 8.12. The molecule has 12 heteroatoms. The van der Waals surface area contributed by atoms with Gasteiger partial charge >= 0.3 is 0 Å². The van der Waals surface area contributed by atoms with Gasteiger partial charge in [-0.05, 0) is 48.0 Å². The van der Waals surface area contributed by atoms with E-state index in [4.69, 9.17) is 10.5 Å². The van der Waals surface area contributed by atoms with Crippen molar-refractivity contribution >= 4 is 32.6 Å². The molecule has 9 nitrogen and oxygen atoms in total. The number of rotatable bonds is 6. The molecule has 5 aromatic rings. The Morgan fingerprint density at radius 3 is 2.34 bits per heavy atom. The van der Waals surface area contributed by atoms with E-state index < -0.39 is 32.1 Å². The zero-order chi connectivity index (χ0) is 27.0. The number of pyridine rings is 1. The highest BCUT2D eigenvalue weighted by Crippen LogP contribution is 2.32. The Kier molecular flexibility index (Phi) is 6.25. The van der Waals surface area contributed by atoms with E-state index in [0.717, 1.165) is 18.2 Å². The van der Waals surface area contributed by atoms with E-state index in [0.29, 0.717) is 22.3 Å². The quantitative estimate of drug-likeness (QED) is 0.335. The molecule has 2 aromatic heterocycles. The molecule has 0 radical (unpaired) electrons. The minimum Gasteiger partial charge on any atom is -0.480 e. The van der Waals surface area contributed by atoms with Gasteiger partial charge in [-0.1, -0.05) is 30.3 Å². The normalized spacial score (nSPS) is 11.4. The number of halogens is 2. The first-order chi connectivity index (χ1) is 18.2. The molecule has 192 valence electrons. The van der Waals surface area contributed by atoms with Crippen LogP contribution in [0.25, 0.3) is 27.7 Å². The summed E-state index contributed by atoms with van der Waals surface area (Å²) < 4.78 is 62.6. The summed E-state index contributed by atoms with van der Waals surface area (Å²) in [6.07, 6.45) is 1.40. The van der Waals surface area contributed by atoms with Gasteiger partial charge in [0.05, 0.1) is 23.7 Å². The molecule has 0 aliphatic carbocycles. The van der Waals surface area contributed by atoms with Gasteiger partial charge in [0.25, 0.3) is 15.6 Å². The van der Waals surface area contributed by atoms with E-state index in [1.54, 1.807) is 48.5 Å². The Morgan fingerprint density at radius 1 is 0.947 bits per heavy atom. The summed E-state index contributed by atoms with van der Waals surface area (Å²) in [6.45, 7) is 0. The average Bonchev–Trinajstić information content (AvgIpc) is 2.88. The number of ether oxygens (including phenoxy) is 1. The minimum atomic E-state index is -4.69. The Hall–Kier alpha value is -4.84. The lowest BCUT2D eigenvalue weighted by Crippen LogP contribution is -2.23. The van der Waals surface area contributed by atoms with E-state index in [1.165, 1.54) is 23.9 Å². The van der Waals surface area contributed by atoms with E-state index >= 15 is 0 Å². The standard InChI is InChI=1S/C26H19F2N5O4S/c1-37-24-22(32-38(35,36)23-19(27)8-5-9-20(23)28)13-16(14-30-24)15-10-11-21-18(12-15)25(34)33(26(29)31-21)17-6-3-2-4-7-17/h2-14,32H,1H3,(H2,29,31). The van der Waals surface area contributed by atoms with Crippen LogP contribution in [0.1, 0.15) is 0 Å². The predicted octanol–water partition coefficient (Wildman–Crippen LogP) is 4.12. The summed E-state index contributed by atoms with van der Waals surface area (Å²) >= 11 is 0. The third-order valence-electron chi connectivity index (χ3n) is 5.72. The largest absolute Gasteiger partial charge is 0.480 e. The fourth-order valence-corrected chi connectivity index (χ4v) is 5.18. The average molecular weight is 536 g/mol. The monoisotopic (exact) mass is 535 g/mol. The van der Waals surface area contributed by atoms with Crippen LogP contribution in [0, 0.1) is 11.6 Å². The predicted molar refractivity (Wildman–Crippen MR) is 139 cm³/mol. The maximum atomic E-state index is 14.2. The number of nitrogen functional groups attached to an aromatic ring is 1. The molecule has 0 fully saturated rings. The minimum absolute atomic E-state index is 0.0182. The molecule has 0 unspecified atom stereocenters. The van der Waals surface area contributed by atoms with Crippen molar-refractivity contribution in [2.24, 2.45) is 0 Å². The molecule has 0 aliphatic heterocycles. The molecule has 0 amide bonds. The zero-order valence-corrected chi connectivity index (χ0v) is 20.5. The third kappa shape index (κ3) is 4.41. The van der Waals surface area contributed by atoms with Crippen LogP contribution in [0.5, 0.6) is 5.88 Å². The van der Waals surface area contributed by atoms with Crippen molar-refractivity contribution in [1.29, 1.82) is 0 Å². The molecule has 38 heavy (non-hydrogen) atoms. The van der Waals surface area contributed by atoms with Crippen LogP contribution in [0.3, 0.4) is 0 Å². The van der Waals surface area contributed by atoms with Gasteiger partial charge < -0.3 is 10.5 Å². The summed E-state index contributed by atoms with van der Waals surface area (Å²) in [5.41, 5.74) is 7.28. The van der Waals surface area contributed by atoms with Crippen LogP contribution in [0.2, 0.25) is 0 Å². The number of hydrogen-bond acceptors (Lipinski definition) is 7. The van der Waals surface area contributed by atoms with Crippen LogP contribution in [0.4, 0.5) is 20.4 Å². The first kappa shape index (κ1) is 24.8. The third-order valence-corrected chi connectivity index (χ3v) is 7.13. The van der Waals surface area contributed by atoms with Crippen LogP contribution in [-0.2, 0) is 10.0 Å². The van der Waals surface area contributed by atoms with E-state index in [9.17, 15) is 22.0 Å². The number of nitrogens with one attached hydrogen (secondary N) is 1. The number of para-hydroxylation sites is 1. The summed E-state index contributed by atoms with van der Waals surface area (Å²) in [4.78, 5) is 20.7. The van der Waals surface area contributed by atoms with Gasteiger partial charge in [0, 0.05) is 11.8 Å². The molecular formula is C26H19F2N5O4S. The number of anilines is 2. The highest BCUT2D eigenvalue weighted by atomic mass is 32.2. The van der Waals surface area contributed by atoms with E-state index in [-0.39, 0.29) is 22.9 Å². The van der Waals surface area contributed by atoms with Gasteiger partial charge in [-0.2, -0.15) is 0 Å². The van der Waals surface area contributed by atoms with Gasteiger partial charge in [0.1, 0.15) is 17.3 Å². The second kappa shape index (κ2) is 9.56. The topological polar surface area (TPSA) is 129 Å². The lowest BCUT2D eigenvalue weighted by Gasteiger charge is -2.14. The summed E-state index contributed by atoms with van der Waals surface area (Å²) in [5, 5.41) is 0.256. The molecule has 2 heterocycles. The number of benzene rings is 3. The molecule has 3 aromatic carbocycles. The first-order valence-electron chi connectivity index (χ1n) is 11.1. The maximum absolute atomic E-state index is 14.2. The van der Waals surface area contributed by atoms with Crippen molar-refractivity contribution in [1.82, 2.24) is 14.5 Å². The highest BCUT2D eigenvalue weighted by Gasteiger charge is 2.25. The highest BCUT2D eigenvalue weighted by molar-refractivity contribution is 7.92. The number of sulfonamides is 1. The molecule has 0 aliphatic rings. The number of fused-ring (bicyclic) bond motifs is 1. The number of hydrogen-bond donors (Lipinski definition) is 2. The molecule has 0 saturated heterocycles. The number of nitrogens with zero attached hydrogens (tertiary/aromatic N) is 3. The van der Waals surface area contributed by atoms with Crippen molar-refractivity contribution in [2.75, 3.05) is 17.6 Å². The summed E-state index contributed by atoms with van der Waals surface area (Å²) in [6, 6.07) is 17.7. The molecule has 0 atom stereocenters. The number of aromatic nitrogens is 3. The Labute approximate surface area is 215 Å². The molecule has 3 N–H and O–H groups in total. The lowest BCUT2D eigenvalue weighted by atomic mass is 10.0. The Balaban J connectivity index is 1.61. The molecule has 0 spiro atoms. The van der Waals surface area contributed by atoms with Gasteiger partial charge in [0.2, 0.25) is 11.8 Å². The fourth-order valence-electron chi connectivity index (χ4n) is 3.99. The molecular weight excluding hydrogens is 516 g/mol. The van der Waals surface area contributed by atoms with Crippen LogP contribution in [0.15, 0.2) is 88.7 Å². The molecule has 0 bridgehead atoms. The van der Waals surface area contributed by atoms with Crippen LogP contribution < -0.4 is 20.8 Å². The van der Waals surface area contributed by atoms with Crippen LogP contribution >= 0.6 is 0 Å². The van der Waals surface area contributed by atoms with E-state index in [1.807, 2.05) is 0 Å². The number of nitrogens with two attached hydrogens (primary N) is 1. The van der Waals surface area contributed by atoms with Gasteiger partial charge in [-0.3, -0.25) is 9.52 Å².